The molecule has 1 N–H and O–H groups in total. The van der Waals surface area contributed by atoms with Crippen LogP contribution in [0.1, 0.15) is 35.6 Å². The fourth-order valence-corrected chi connectivity index (χ4v) is 2.76. The molecule has 1 atom stereocenters. The van der Waals surface area contributed by atoms with Gasteiger partial charge in [-0.25, -0.2) is 0 Å². The van der Waals surface area contributed by atoms with Crippen molar-refractivity contribution in [3.8, 4) is 0 Å². The van der Waals surface area contributed by atoms with Crippen molar-refractivity contribution in [2.45, 2.75) is 33.2 Å². The van der Waals surface area contributed by atoms with Crippen molar-refractivity contribution in [2.24, 2.45) is 0 Å². The summed E-state index contributed by atoms with van der Waals surface area (Å²) in [5.74, 6) is 1.91. The predicted octanol–water partition coefficient (Wildman–Crippen LogP) is 5.10. The van der Waals surface area contributed by atoms with Gasteiger partial charge >= 0.3 is 0 Å². The number of benzene rings is 1. The van der Waals surface area contributed by atoms with Crippen molar-refractivity contribution in [3.63, 3.8) is 0 Å². The van der Waals surface area contributed by atoms with Gasteiger partial charge in [0.2, 0.25) is 0 Å². The van der Waals surface area contributed by atoms with E-state index in [0.717, 1.165) is 30.0 Å². The van der Waals surface area contributed by atoms with Crippen LogP contribution in [0.3, 0.4) is 0 Å². The van der Waals surface area contributed by atoms with E-state index in [1.165, 1.54) is 5.56 Å². The van der Waals surface area contributed by atoms with Crippen LogP contribution in [0.4, 0.5) is 0 Å². The molecule has 0 saturated carbocycles. The van der Waals surface area contributed by atoms with Crippen LogP contribution in [0.15, 0.2) is 28.7 Å². The Morgan fingerprint density at radius 3 is 2.45 bits per heavy atom. The third-order valence-corrected chi connectivity index (χ3v) is 4.07. The summed E-state index contributed by atoms with van der Waals surface area (Å²) in [5, 5.41) is 4.68. The Labute approximate surface area is 130 Å². The molecule has 1 aromatic heterocycles. The number of furan rings is 1. The Balaban J connectivity index is 2.25. The van der Waals surface area contributed by atoms with E-state index in [9.17, 15) is 0 Å². The summed E-state index contributed by atoms with van der Waals surface area (Å²) >= 11 is 12.0. The molecule has 0 amide bonds. The average molecular weight is 312 g/mol. The molecule has 2 aromatic rings. The number of halogens is 2. The van der Waals surface area contributed by atoms with E-state index in [0.29, 0.717) is 10.0 Å². The van der Waals surface area contributed by atoms with Crippen molar-refractivity contribution in [1.82, 2.24) is 5.32 Å². The van der Waals surface area contributed by atoms with Crippen LogP contribution < -0.4 is 5.32 Å². The Morgan fingerprint density at radius 1 is 1.15 bits per heavy atom. The lowest BCUT2D eigenvalue weighted by atomic mass is 9.99. The molecular formula is C16H19Cl2NO. The molecule has 4 heteroatoms. The van der Waals surface area contributed by atoms with Crippen LogP contribution in [0.2, 0.25) is 10.0 Å². The van der Waals surface area contributed by atoms with Crippen molar-refractivity contribution < 1.29 is 4.42 Å². The van der Waals surface area contributed by atoms with Crippen molar-refractivity contribution >= 4 is 23.2 Å². The summed E-state index contributed by atoms with van der Waals surface area (Å²) in [6, 6.07) is 8.10. The quantitative estimate of drug-likeness (QED) is 0.831. The van der Waals surface area contributed by atoms with E-state index in [2.05, 4.69) is 18.3 Å². The maximum absolute atomic E-state index is 6.08. The van der Waals surface area contributed by atoms with Crippen molar-refractivity contribution in [2.75, 3.05) is 6.54 Å². The first-order valence-electron chi connectivity index (χ1n) is 6.75. The summed E-state index contributed by atoms with van der Waals surface area (Å²) in [6.45, 7) is 6.97. The minimum Gasteiger partial charge on any atom is -0.466 e. The third-order valence-electron chi connectivity index (χ3n) is 3.33. The van der Waals surface area contributed by atoms with Gasteiger partial charge in [-0.3, -0.25) is 0 Å². The first-order valence-corrected chi connectivity index (χ1v) is 7.51. The highest BCUT2D eigenvalue weighted by molar-refractivity contribution is 6.42. The average Bonchev–Trinajstić information content (AvgIpc) is 2.72. The van der Waals surface area contributed by atoms with Gasteiger partial charge in [0, 0.05) is 11.6 Å². The molecule has 0 aliphatic carbocycles. The molecule has 0 aliphatic heterocycles. The zero-order valence-corrected chi connectivity index (χ0v) is 13.5. The van der Waals surface area contributed by atoms with Crippen LogP contribution in [0, 0.1) is 13.8 Å². The molecule has 0 bridgehead atoms. The van der Waals surface area contributed by atoms with E-state index >= 15 is 0 Å². The van der Waals surface area contributed by atoms with Gasteiger partial charge in [0.05, 0.1) is 10.0 Å². The van der Waals surface area contributed by atoms with E-state index in [4.69, 9.17) is 27.6 Å². The van der Waals surface area contributed by atoms with Gasteiger partial charge in [-0.1, -0.05) is 36.2 Å². The highest BCUT2D eigenvalue weighted by Gasteiger charge is 2.17. The second kappa shape index (κ2) is 6.66. The minimum atomic E-state index is 0.217. The zero-order chi connectivity index (χ0) is 14.7. The number of aryl methyl sites for hydroxylation is 2. The summed E-state index contributed by atoms with van der Waals surface area (Å²) in [7, 11) is 0. The SMILES string of the molecule is CCNC(Cc1ccc(Cl)c(Cl)c1)c1cc(C)oc1C. The minimum absolute atomic E-state index is 0.217. The number of hydrogen-bond acceptors (Lipinski definition) is 2. The van der Waals surface area contributed by atoms with E-state index in [1.54, 1.807) is 0 Å². The second-order valence-electron chi connectivity index (χ2n) is 4.93. The highest BCUT2D eigenvalue weighted by Crippen LogP contribution is 2.28. The van der Waals surface area contributed by atoms with Gasteiger partial charge in [0.25, 0.3) is 0 Å². The van der Waals surface area contributed by atoms with Gasteiger partial charge in [-0.05, 0) is 50.6 Å². The summed E-state index contributed by atoms with van der Waals surface area (Å²) in [4.78, 5) is 0. The molecule has 1 heterocycles. The standard InChI is InChI=1S/C16H19Cl2NO/c1-4-19-16(13-7-10(2)20-11(13)3)9-12-5-6-14(17)15(18)8-12/h5-8,16,19H,4,9H2,1-3H3. The van der Waals surface area contributed by atoms with E-state index < -0.39 is 0 Å². The molecule has 0 fully saturated rings. The largest absolute Gasteiger partial charge is 0.466 e. The topological polar surface area (TPSA) is 25.2 Å². The number of rotatable bonds is 5. The maximum atomic E-state index is 6.08. The summed E-state index contributed by atoms with van der Waals surface area (Å²) < 4.78 is 5.64. The number of likely N-dealkylation sites (N-methyl/N-ethyl adjacent to an activating group) is 1. The molecule has 2 rings (SSSR count). The molecular weight excluding hydrogens is 293 g/mol. The second-order valence-corrected chi connectivity index (χ2v) is 5.75. The summed E-state index contributed by atoms with van der Waals surface area (Å²) in [5.41, 5.74) is 2.36. The molecule has 1 unspecified atom stereocenters. The fraction of sp³-hybridized carbons (Fsp3) is 0.375. The van der Waals surface area contributed by atoms with Crippen LogP contribution in [0.5, 0.6) is 0 Å². The van der Waals surface area contributed by atoms with Crippen LogP contribution in [0.25, 0.3) is 0 Å². The molecule has 0 saturated heterocycles. The number of hydrogen-bond donors (Lipinski definition) is 1. The Kier molecular flexibility index (Phi) is 5.14. The first kappa shape index (κ1) is 15.4. The van der Waals surface area contributed by atoms with Crippen LogP contribution in [-0.4, -0.2) is 6.54 Å². The predicted molar refractivity (Wildman–Crippen MR) is 84.8 cm³/mol. The van der Waals surface area contributed by atoms with Gasteiger partial charge in [0.15, 0.2) is 0 Å². The Bertz CT molecular complexity index is 592. The van der Waals surface area contributed by atoms with Crippen LogP contribution in [-0.2, 0) is 6.42 Å². The smallest absolute Gasteiger partial charge is 0.105 e. The van der Waals surface area contributed by atoms with Crippen molar-refractivity contribution in [3.05, 3.63) is 57.0 Å². The monoisotopic (exact) mass is 311 g/mol. The van der Waals surface area contributed by atoms with Gasteiger partial charge in [0.1, 0.15) is 11.5 Å². The Morgan fingerprint density at radius 2 is 1.90 bits per heavy atom. The third kappa shape index (κ3) is 3.57. The zero-order valence-electron chi connectivity index (χ0n) is 12.0. The lowest BCUT2D eigenvalue weighted by Gasteiger charge is -2.18. The summed E-state index contributed by atoms with van der Waals surface area (Å²) in [6.07, 6.45) is 0.852. The fourth-order valence-electron chi connectivity index (χ4n) is 2.44. The lowest BCUT2D eigenvalue weighted by Crippen LogP contribution is -2.23. The van der Waals surface area contributed by atoms with Gasteiger partial charge in [-0.2, -0.15) is 0 Å². The molecule has 2 nitrogen and oxygen atoms in total. The molecule has 0 radical (unpaired) electrons. The Hall–Kier alpha value is -0.960. The normalized spacial score (nSPS) is 12.7. The highest BCUT2D eigenvalue weighted by atomic mass is 35.5. The van der Waals surface area contributed by atoms with E-state index in [-0.39, 0.29) is 6.04 Å². The number of nitrogens with one attached hydrogen (secondary N) is 1. The van der Waals surface area contributed by atoms with Gasteiger partial charge < -0.3 is 9.73 Å². The molecule has 1 aromatic carbocycles. The van der Waals surface area contributed by atoms with E-state index in [1.807, 2.05) is 32.0 Å². The molecule has 0 spiro atoms. The first-order chi connectivity index (χ1) is 9.51. The van der Waals surface area contributed by atoms with Crippen molar-refractivity contribution in [1.29, 1.82) is 0 Å². The molecule has 108 valence electrons. The van der Waals surface area contributed by atoms with Gasteiger partial charge in [-0.15, -0.1) is 0 Å². The maximum Gasteiger partial charge on any atom is 0.105 e. The molecule has 0 aliphatic rings. The van der Waals surface area contributed by atoms with Crippen LogP contribution >= 0.6 is 23.2 Å². The lowest BCUT2D eigenvalue weighted by molar-refractivity contribution is 0.484. The molecule has 20 heavy (non-hydrogen) atoms.